The number of aliphatic hydroxyl groups excluding tert-OH is 1. The Hall–Kier alpha value is -2.98. The van der Waals surface area contributed by atoms with Crippen molar-refractivity contribution < 1.29 is 9.90 Å². The second kappa shape index (κ2) is 8.14. The summed E-state index contributed by atoms with van der Waals surface area (Å²) in [4.78, 5) is 22.7. The van der Waals surface area contributed by atoms with Crippen molar-refractivity contribution in [2.75, 3.05) is 18.4 Å². The van der Waals surface area contributed by atoms with E-state index < -0.39 is 6.10 Å². The van der Waals surface area contributed by atoms with Crippen molar-refractivity contribution in [3.05, 3.63) is 53.5 Å². The number of hydrogen-bond acceptors (Lipinski definition) is 6. The molecule has 0 aliphatic carbocycles. The minimum atomic E-state index is -0.762. The summed E-state index contributed by atoms with van der Waals surface area (Å²) in [6.07, 6.45) is 1.37. The zero-order chi connectivity index (χ0) is 19.4. The fraction of sp³-hybridized carbons (Fsp3) is 0.400. The van der Waals surface area contributed by atoms with Gasteiger partial charge in [-0.1, -0.05) is 19.9 Å². The highest BCUT2D eigenvalue weighted by atomic mass is 16.3. The van der Waals surface area contributed by atoms with Crippen molar-refractivity contribution in [3.63, 3.8) is 0 Å². The lowest BCUT2D eigenvalue weighted by Crippen LogP contribution is -2.52. The number of amides is 1. The molecular weight excluding hydrogens is 342 g/mol. The molecular formula is C20H23N5O2. The zero-order valence-corrected chi connectivity index (χ0v) is 15.5. The van der Waals surface area contributed by atoms with Crippen LogP contribution in [0.25, 0.3) is 0 Å². The number of rotatable bonds is 4. The molecule has 1 saturated heterocycles. The summed E-state index contributed by atoms with van der Waals surface area (Å²) < 4.78 is 0. The second-order valence-corrected chi connectivity index (χ2v) is 6.97. The first-order valence-electron chi connectivity index (χ1n) is 9.05. The van der Waals surface area contributed by atoms with Gasteiger partial charge < -0.3 is 15.3 Å². The van der Waals surface area contributed by atoms with Crippen LogP contribution in [0.5, 0.6) is 0 Å². The highest BCUT2D eigenvalue weighted by Gasteiger charge is 2.31. The van der Waals surface area contributed by atoms with Crippen LogP contribution in [0.15, 0.2) is 36.5 Å². The third kappa shape index (κ3) is 4.23. The van der Waals surface area contributed by atoms with Gasteiger partial charge in [0.1, 0.15) is 17.6 Å². The maximum absolute atomic E-state index is 12.5. The van der Waals surface area contributed by atoms with Gasteiger partial charge in [-0.25, -0.2) is 4.98 Å². The molecule has 1 aliphatic rings. The Morgan fingerprint density at radius 3 is 2.81 bits per heavy atom. The topological polar surface area (TPSA) is 102 Å². The van der Waals surface area contributed by atoms with E-state index in [9.17, 15) is 15.2 Å². The lowest BCUT2D eigenvalue weighted by atomic mass is 10.0. The monoisotopic (exact) mass is 365 g/mol. The van der Waals surface area contributed by atoms with Crippen LogP contribution in [0.1, 0.15) is 47.9 Å². The van der Waals surface area contributed by atoms with Gasteiger partial charge in [0.15, 0.2) is 0 Å². The second-order valence-electron chi connectivity index (χ2n) is 6.97. The van der Waals surface area contributed by atoms with Gasteiger partial charge >= 0.3 is 0 Å². The van der Waals surface area contributed by atoms with Crippen LogP contribution in [0.2, 0.25) is 0 Å². The Morgan fingerprint density at radius 2 is 2.19 bits per heavy atom. The van der Waals surface area contributed by atoms with Crippen LogP contribution >= 0.6 is 0 Å². The number of anilines is 1. The Balaban J connectivity index is 1.70. The Bertz CT molecular complexity index is 847. The maximum Gasteiger partial charge on any atom is 0.272 e. The van der Waals surface area contributed by atoms with Gasteiger partial charge in [0, 0.05) is 25.0 Å². The molecule has 140 valence electrons. The van der Waals surface area contributed by atoms with Crippen LogP contribution in [0.3, 0.4) is 0 Å². The normalized spacial score (nSPS) is 19.6. The molecule has 0 bridgehead atoms. The lowest BCUT2D eigenvalue weighted by molar-refractivity contribution is 0.0421. The highest BCUT2D eigenvalue weighted by Crippen LogP contribution is 2.22. The molecule has 7 heteroatoms. The molecule has 1 amide bonds. The van der Waals surface area contributed by atoms with E-state index in [0.29, 0.717) is 30.0 Å². The van der Waals surface area contributed by atoms with Crippen LogP contribution in [0.4, 0.5) is 5.82 Å². The Kier molecular flexibility index (Phi) is 5.67. The number of hydrogen-bond donors (Lipinski definition) is 2. The van der Waals surface area contributed by atoms with E-state index in [-0.39, 0.29) is 24.4 Å². The minimum absolute atomic E-state index is 0.189. The maximum atomic E-state index is 12.5. The zero-order valence-electron chi connectivity index (χ0n) is 15.5. The molecule has 2 N–H and O–H groups in total. The first kappa shape index (κ1) is 18.8. The van der Waals surface area contributed by atoms with Gasteiger partial charge in [-0.3, -0.25) is 9.78 Å². The third-order valence-corrected chi connectivity index (χ3v) is 4.70. The summed E-state index contributed by atoms with van der Waals surface area (Å²) in [6, 6.07) is 10.6. The molecule has 2 atom stereocenters. The van der Waals surface area contributed by atoms with Crippen LogP contribution in [0, 0.1) is 11.3 Å². The van der Waals surface area contributed by atoms with Gasteiger partial charge in [0.25, 0.3) is 5.91 Å². The molecule has 0 spiro atoms. The Labute approximate surface area is 158 Å². The molecule has 2 aromatic heterocycles. The van der Waals surface area contributed by atoms with Gasteiger partial charge in [-0.15, -0.1) is 0 Å². The van der Waals surface area contributed by atoms with E-state index in [4.69, 9.17) is 0 Å². The van der Waals surface area contributed by atoms with E-state index in [1.165, 1.54) is 0 Å². The fourth-order valence-corrected chi connectivity index (χ4v) is 3.11. The van der Waals surface area contributed by atoms with Crippen molar-refractivity contribution in [1.82, 2.24) is 14.9 Å². The number of aliphatic hydroxyl groups is 1. The summed E-state index contributed by atoms with van der Waals surface area (Å²) in [5, 5.41) is 23.1. The average Bonchev–Trinajstić information content (AvgIpc) is 2.69. The number of pyridine rings is 2. The van der Waals surface area contributed by atoms with Crippen molar-refractivity contribution in [2.45, 2.75) is 38.3 Å². The smallest absolute Gasteiger partial charge is 0.272 e. The molecule has 0 unspecified atom stereocenters. The standard InChI is InChI=1S/C20H23N5O2/c1-13(2)15-7-6-14(11-21)19(23-15)24-16-8-10-25(12-18(16)26)20(27)17-5-3-4-9-22-17/h3-7,9,13,16,18,26H,8,10,12H2,1-2H3,(H,23,24)/t16-,18-/m1/s1. The molecule has 1 fully saturated rings. The summed E-state index contributed by atoms with van der Waals surface area (Å²) in [5.74, 6) is 0.532. The molecule has 27 heavy (non-hydrogen) atoms. The third-order valence-electron chi connectivity index (χ3n) is 4.70. The fourth-order valence-electron chi connectivity index (χ4n) is 3.11. The predicted octanol–water partition coefficient (Wildman–Crippen LogP) is 2.16. The lowest BCUT2D eigenvalue weighted by Gasteiger charge is -2.36. The van der Waals surface area contributed by atoms with E-state index >= 15 is 0 Å². The SMILES string of the molecule is CC(C)c1ccc(C#N)c(N[C@@H]2CCN(C(=O)c3ccccn3)C[C@H]2O)n1. The largest absolute Gasteiger partial charge is 0.389 e. The van der Waals surface area contributed by atoms with Gasteiger partial charge in [-0.2, -0.15) is 5.26 Å². The number of piperidine rings is 1. The van der Waals surface area contributed by atoms with Gasteiger partial charge in [-0.05, 0) is 36.6 Å². The van der Waals surface area contributed by atoms with Crippen molar-refractivity contribution in [3.8, 4) is 6.07 Å². The summed E-state index contributed by atoms with van der Waals surface area (Å²) >= 11 is 0. The molecule has 0 aromatic carbocycles. The quantitative estimate of drug-likeness (QED) is 0.861. The number of nitrogens with one attached hydrogen (secondary N) is 1. The van der Waals surface area contributed by atoms with Gasteiger partial charge in [0.05, 0.1) is 17.7 Å². The number of carbonyl (C=O) groups excluding carboxylic acids is 1. The van der Waals surface area contributed by atoms with Crippen molar-refractivity contribution >= 4 is 11.7 Å². The average molecular weight is 365 g/mol. The number of aromatic nitrogens is 2. The number of carbonyl (C=O) groups is 1. The summed E-state index contributed by atoms with van der Waals surface area (Å²) in [7, 11) is 0. The molecule has 0 saturated carbocycles. The number of nitrogens with zero attached hydrogens (tertiary/aromatic N) is 4. The first-order valence-corrected chi connectivity index (χ1v) is 9.05. The highest BCUT2D eigenvalue weighted by molar-refractivity contribution is 5.92. The minimum Gasteiger partial charge on any atom is -0.389 e. The predicted molar refractivity (Wildman–Crippen MR) is 101 cm³/mol. The van der Waals surface area contributed by atoms with E-state index in [1.54, 1.807) is 35.4 Å². The van der Waals surface area contributed by atoms with E-state index in [0.717, 1.165) is 5.69 Å². The number of nitriles is 1. The van der Waals surface area contributed by atoms with Crippen LogP contribution in [-0.4, -0.2) is 51.1 Å². The number of β-amino-alcohol motifs (C(OH)–C–C–N with tert-alkyl or cyclic N) is 1. The molecule has 7 nitrogen and oxygen atoms in total. The van der Waals surface area contributed by atoms with Crippen LogP contribution < -0.4 is 5.32 Å². The van der Waals surface area contributed by atoms with E-state index in [1.807, 2.05) is 19.9 Å². The molecule has 3 rings (SSSR count). The van der Waals surface area contributed by atoms with Crippen molar-refractivity contribution in [2.24, 2.45) is 0 Å². The molecule has 2 aromatic rings. The molecule has 3 heterocycles. The Morgan fingerprint density at radius 1 is 1.37 bits per heavy atom. The summed E-state index contributed by atoms with van der Waals surface area (Å²) in [6.45, 7) is 4.78. The van der Waals surface area contributed by atoms with Crippen LogP contribution in [-0.2, 0) is 0 Å². The first-order chi connectivity index (χ1) is 13.0. The van der Waals surface area contributed by atoms with Gasteiger partial charge in [0.2, 0.25) is 0 Å². The summed E-state index contributed by atoms with van der Waals surface area (Å²) in [5.41, 5.74) is 1.70. The van der Waals surface area contributed by atoms with E-state index in [2.05, 4.69) is 21.4 Å². The molecule has 1 aliphatic heterocycles. The van der Waals surface area contributed by atoms with Crippen molar-refractivity contribution in [1.29, 1.82) is 5.26 Å². The number of likely N-dealkylation sites (tertiary alicyclic amines) is 1. The molecule has 0 radical (unpaired) electrons.